The van der Waals surface area contributed by atoms with E-state index in [1.54, 1.807) is 0 Å². The zero-order valence-corrected chi connectivity index (χ0v) is 32.5. The van der Waals surface area contributed by atoms with Gasteiger partial charge in [0.05, 0.1) is 11.8 Å². The third kappa shape index (κ3) is 8.54. The maximum atomic E-state index is 15.0. The Hall–Kier alpha value is -5.38. The molecular weight excluding hydrogens is 931 g/mol. The average Bonchev–Trinajstić information content (AvgIpc) is 3.85. The highest BCUT2D eigenvalue weighted by Crippen LogP contribution is 2.57. The lowest BCUT2D eigenvalue weighted by molar-refractivity contribution is -0.692. The predicted molar refractivity (Wildman–Crippen MR) is 189 cm³/mol. The summed E-state index contributed by atoms with van der Waals surface area (Å²) >= 11 is 11.3. The van der Waals surface area contributed by atoms with Crippen LogP contribution >= 0.6 is 23.2 Å². The van der Waals surface area contributed by atoms with Gasteiger partial charge in [-0.2, -0.15) is 70.2 Å². The molecule has 0 saturated heterocycles. The maximum absolute atomic E-state index is 15.0. The van der Waals surface area contributed by atoms with Gasteiger partial charge in [-0.3, -0.25) is 0 Å². The Labute approximate surface area is 353 Å². The minimum atomic E-state index is -6.26. The van der Waals surface area contributed by atoms with Crippen molar-refractivity contribution >= 4 is 23.2 Å². The molecule has 6 nitrogen and oxygen atoms in total. The van der Waals surface area contributed by atoms with Gasteiger partial charge in [0.1, 0.15) is 11.4 Å². The van der Waals surface area contributed by atoms with Gasteiger partial charge in [-0.25, -0.2) is 19.1 Å². The number of hydrogen-bond donors (Lipinski definition) is 0. The molecule has 4 aromatic heterocycles. The van der Waals surface area contributed by atoms with Crippen molar-refractivity contribution in [2.45, 2.75) is 55.1 Å². The summed E-state index contributed by atoms with van der Waals surface area (Å²) in [6.07, 6.45) is -20.0. The van der Waals surface area contributed by atoms with E-state index in [0.29, 0.717) is 24.3 Å². The lowest BCUT2D eigenvalue weighted by Gasteiger charge is -2.38. The Balaban J connectivity index is 1.44. The van der Waals surface area contributed by atoms with E-state index < -0.39 is 98.9 Å². The van der Waals surface area contributed by atoms with E-state index in [0.717, 1.165) is 24.3 Å². The summed E-state index contributed by atoms with van der Waals surface area (Å²) in [5.74, 6) is -17.4. The van der Waals surface area contributed by atoms with Gasteiger partial charge in [0.25, 0.3) is 0 Å². The molecule has 2 aromatic carbocycles. The summed E-state index contributed by atoms with van der Waals surface area (Å²) in [5, 5.41) is 0. The topological polar surface area (TPSA) is 59.8 Å². The molecular formula is C39H24Cl2F16N4O2+2. The quantitative estimate of drug-likeness (QED) is 0.0697. The number of aromatic nitrogens is 4. The van der Waals surface area contributed by atoms with Crippen molar-refractivity contribution in [1.82, 2.24) is 9.97 Å². The first kappa shape index (κ1) is 47.1. The summed E-state index contributed by atoms with van der Waals surface area (Å²) in [7, 11) is 0. The Kier molecular flexibility index (Phi) is 12.4. The van der Waals surface area contributed by atoms with E-state index >= 15 is 26.3 Å². The minimum Gasteiger partial charge on any atom is -0.434 e. The highest BCUT2D eigenvalue weighted by molar-refractivity contribution is 6.17. The van der Waals surface area contributed by atoms with Crippen LogP contribution in [0.15, 0.2) is 106 Å². The maximum Gasteiger partial charge on any atom is 0.461 e. The van der Waals surface area contributed by atoms with Gasteiger partial charge in [0.15, 0.2) is 37.9 Å². The fourth-order valence-electron chi connectivity index (χ4n) is 6.39. The van der Waals surface area contributed by atoms with Crippen molar-refractivity contribution in [1.29, 1.82) is 0 Å². The van der Waals surface area contributed by atoms with Gasteiger partial charge in [-0.1, -0.05) is 24.3 Å². The molecule has 0 saturated carbocycles. The third-order valence-corrected chi connectivity index (χ3v) is 9.87. The van der Waals surface area contributed by atoms with Gasteiger partial charge in [0, 0.05) is 46.5 Å². The second kappa shape index (κ2) is 16.6. The number of hydrogen-bond acceptors (Lipinski definition) is 4. The molecule has 63 heavy (non-hydrogen) atoms. The van der Waals surface area contributed by atoms with Gasteiger partial charge >= 0.3 is 36.6 Å². The molecule has 0 fully saturated rings. The van der Waals surface area contributed by atoms with Gasteiger partial charge < -0.3 is 8.83 Å². The molecule has 24 heteroatoms. The lowest BCUT2D eigenvalue weighted by atomic mass is 9.72. The first-order chi connectivity index (χ1) is 29.2. The van der Waals surface area contributed by atoms with E-state index in [4.69, 9.17) is 32.0 Å². The minimum absolute atomic E-state index is 0.0919. The van der Waals surface area contributed by atoms with Crippen LogP contribution in [0, 0.1) is 0 Å². The van der Waals surface area contributed by atoms with Crippen LogP contribution in [0.2, 0.25) is 0 Å². The standard InChI is InChI=1S/C39H24Cl2F16N4O2/c40-13-19-60-15-9-21(10-16-60)27-29(34(42,43)38(52,53)54)62-31(58-27)23-1-5-25(6-2-23)33(36(46,47)48,37(49,50)51)26-7-3-24(4-8-26)32-59-28(22-11-17-61(18-12-22)20-14-41)30(63-32)35(44,45)39(55,56)57/h1-12,15-18H,13-14,19-20H2/q+2. The number of pyridine rings is 2. The molecule has 0 spiro atoms. The number of benzene rings is 2. The first-order valence-electron chi connectivity index (χ1n) is 17.6. The Morgan fingerprint density at radius 1 is 0.413 bits per heavy atom. The number of aryl methyl sites for hydroxylation is 2. The van der Waals surface area contributed by atoms with Crippen LogP contribution < -0.4 is 9.13 Å². The van der Waals surface area contributed by atoms with E-state index in [9.17, 15) is 43.9 Å². The Bertz CT molecular complexity index is 2350. The fraction of sp³-hybridized carbons (Fsp3) is 0.282. The number of nitrogens with zero attached hydrogens (tertiary/aromatic N) is 4. The van der Waals surface area contributed by atoms with Crippen LogP contribution in [0.1, 0.15) is 22.6 Å². The van der Waals surface area contributed by atoms with Gasteiger partial charge in [-0.05, 0) is 35.4 Å². The molecule has 0 atom stereocenters. The van der Waals surface area contributed by atoms with Crippen LogP contribution in [0.3, 0.4) is 0 Å². The molecule has 0 amide bonds. The van der Waals surface area contributed by atoms with Crippen molar-refractivity contribution in [2.24, 2.45) is 0 Å². The van der Waals surface area contributed by atoms with Crippen LogP contribution in [0.4, 0.5) is 70.2 Å². The molecule has 0 aliphatic heterocycles. The zero-order valence-electron chi connectivity index (χ0n) is 31.0. The van der Waals surface area contributed by atoms with Crippen LogP contribution in [0.5, 0.6) is 0 Å². The number of halogens is 18. The number of oxazole rings is 2. The molecule has 0 bridgehead atoms. The van der Waals surface area contributed by atoms with Crippen LogP contribution in [-0.4, -0.2) is 46.4 Å². The Morgan fingerprint density at radius 2 is 0.714 bits per heavy atom. The molecule has 0 aliphatic carbocycles. The monoisotopic (exact) mass is 954 g/mol. The molecule has 0 radical (unpaired) electrons. The highest BCUT2D eigenvalue weighted by atomic mass is 35.5. The van der Waals surface area contributed by atoms with Crippen molar-refractivity contribution in [2.75, 3.05) is 11.8 Å². The Morgan fingerprint density at radius 3 is 0.968 bits per heavy atom. The van der Waals surface area contributed by atoms with Crippen LogP contribution in [0.25, 0.3) is 45.4 Å². The molecule has 4 heterocycles. The summed E-state index contributed by atoms with van der Waals surface area (Å²) < 4.78 is 243. The third-order valence-electron chi connectivity index (χ3n) is 9.53. The second-order valence-electron chi connectivity index (χ2n) is 13.5. The predicted octanol–water partition coefficient (Wildman–Crippen LogP) is 12.1. The molecule has 0 N–H and O–H groups in total. The number of alkyl halides is 18. The molecule has 336 valence electrons. The molecule has 0 unspecified atom stereocenters. The molecule has 6 rings (SSSR count). The van der Waals surface area contributed by atoms with Crippen molar-refractivity contribution in [3.05, 3.63) is 120 Å². The van der Waals surface area contributed by atoms with Gasteiger partial charge in [-0.15, -0.1) is 23.2 Å². The summed E-state index contributed by atoms with van der Waals surface area (Å²) in [4.78, 5) is 7.41. The summed E-state index contributed by atoms with van der Waals surface area (Å²) in [6, 6.07) is 7.30. The van der Waals surface area contributed by atoms with Crippen molar-refractivity contribution in [3.8, 4) is 45.4 Å². The summed E-state index contributed by atoms with van der Waals surface area (Å²) in [5.41, 5.74) is -12.1. The highest BCUT2D eigenvalue weighted by Gasteiger charge is 2.72. The largest absolute Gasteiger partial charge is 0.461 e. The second-order valence-corrected chi connectivity index (χ2v) is 14.2. The van der Waals surface area contributed by atoms with E-state index in [1.165, 1.54) is 33.9 Å². The zero-order chi connectivity index (χ0) is 46.6. The smallest absolute Gasteiger partial charge is 0.434 e. The van der Waals surface area contributed by atoms with E-state index in [2.05, 4.69) is 9.97 Å². The van der Waals surface area contributed by atoms with E-state index in [1.807, 2.05) is 0 Å². The molecule has 0 aliphatic rings. The normalized spacial score (nSPS) is 13.5. The van der Waals surface area contributed by atoms with E-state index in [-0.39, 0.29) is 60.2 Å². The number of rotatable bonds is 12. The van der Waals surface area contributed by atoms with Crippen LogP contribution in [-0.2, 0) is 30.3 Å². The lowest BCUT2D eigenvalue weighted by Crippen LogP contribution is -2.54. The first-order valence-corrected chi connectivity index (χ1v) is 18.6. The van der Waals surface area contributed by atoms with Gasteiger partial charge in [0.2, 0.25) is 28.7 Å². The summed E-state index contributed by atoms with van der Waals surface area (Å²) in [6.45, 7) is 0.401. The van der Waals surface area contributed by atoms with Crippen molar-refractivity contribution in [3.63, 3.8) is 0 Å². The molecule has 6 aromatic rings. The fourth-order valence-corrected chi connectivity index (χ4v) is 6.78. The average molecular weight is 956 g/mol. The SMILES string of the molecule is FC(F)(F)C(F)(F)c1oc(-c2ccc(C(c3ccc(-c4nc(-c5cc[n+](CCCl)cc5)c(C(F)(F)C(F)(F)F)o4)cc3)(C(F)(F)F)C(F)(F)F)cc2)nc1-c1cc[n+](CCCl)cc1. The van der Waals surface area contributed by atoms with Crippen molar-refractivity contribution < 1.29 is 88.2 Å².